The van der Waals surface area contributed by atoms with Gasteiger partial charge in [0.2, 0.25) is 0 Å². The van der Waals surface area contributed by atoms with Gasteiger partial charge >= 0.3 is 12.2 Å². The average Bonchev–Trinajstić information content (AvgIpc) is 3.47. The molecule has 0 unspecified atom stereocenters. The van der Waals surface area contributed by atoms with E-state index in [1.54, 1.807) is 21.1 Å². The van der Waals surface area contributed by atoms with Crippen molar-refractivity contribution in [1.82, 2.24) is 14.4 Å². The number of piperazine rings is 1. The van der Waals surface area contributed by atoms with Crippen molar-refractivity contribution in [2.75, 3.05) is 25.0 Å². The number of nitrogens with one attached hydrogen (secondary N) is 1. The Bertz CT molecular complexity index is 1480. The van der Waals surface area contributed by atoms with Gasteiger partial charge in [-0.05, 0) is 66.8 Å². The molecule has 38 heavy (non-hydrogen) atoms. The Hall–Kier alpha value is -3.79. The topological polar surface area (TPSA) is 57.6 Å². The number of carbonyl (C=O) groups excluding carboxylic acids is 2. The van der Waals surface area contributed by atoms with Crippen LogP contribution in [0.2, 0.25) is 0 Å². The molecule has 1 atom stereocenters. The fraction of sp³-hybridized carbons (Fsp3) is 0.286. The first-order valence-corrected chi connectivity index (χ1v) is 13.1. The number of halogens is 3. The molecule has 6 nitrogen and oxygen atoms in total. The Balaban J connectivity index is 1.28. The minimum Gasteiger partial charge on any atom is -0.334 e. The Morgan fingerprint density at radius 1 is 1.05 bits per heavy atom. The number of thiophene rings is 1. The van der Waals surface area contributed by atoms with Gasteiger partial charge in [0, 0.05) is 43.3 Å². The van der Waals surface area contributed by atoms with Crippen molar-refractivity contribution in [1.29, 1.82) is 0 Å². The first-order valence-electron chi connectivity index (χ1n) is 12.3. The summed E-state index contributed by atoms with van der Waals surface area (Å²) in [5.74, 6) is -0.0865. The van der Waals surface area contributed by atoms with Crippen molar-refractivity contribution < 1.29 is 22.8 Å². The summed E-state index contributed by atoms with van der Waals surface area (Å²) in [6.07, 6.45) is -4.44. The van der Waals surface area contributed by atoms with Crippen LogP contribution in [0.15, 0.2) is 66.0 Å². The maximum Gasteiger partial charge on any atom is 0.416 e. The molecule has 0 saturated carbocycles. The minimum atomic E-state index is -4.44. The first kappa shape index (κ1) is 25.8. The predicted octanol–water partition coefficient (Wildman–Crippen LogP) is 6.46. The van der Waals surface area contributed by atoms with Crippen LogP contribution in [0.4, 0.5) is 23.7 Å². The zero-order chi connectivity index (χ0) is 27.0. The lowest BCUT2D eigenvalue weighted by Gasteiger charge is -2.39. The summed E-state index contributed by atoms with van der Waals surface area (Å²) in [6, 6.07) is 15.7. The van der Waals surface area contributed by atoms with Crippen molar-refractivity contribution in [2.45, 2.75) is 32.6 Å². The molecule has 0 aliphatic carbocycles. The molecule has 1 fully saturated rings. The molecule has 0 bridgehead atoms. The number of carbonyl (C=O) groups is 2. The van der Waals surface area contributed by atoms with E-state index < -0.39 is 17.8 Å². The molecule has 1 N–H and O–H groups in total. The van der Waals surface area contributed by atoms with Crippen LogP contribution in [0.1, 0.15) is 34.1 Å². The molecule has 10 heteroatoms. The van der Waals surface area contributed by atoms with Crippen LogP contribution in [-0.2, 0) is 12.7 Å². The molecule has 1 saturated heterocycles. The van der Waals surface area contributed by atoms with Crippen LogP contribution < -0.4 is 5.32 Å². The highest BCUT2D eigenvalue weighted by Gasteiger charge is 2.33. The van der Waals surface area contributed by atoms with E-state index in [9.17, 15) is 22.8 Å². The summed E-state index contributed by atoms with van der Waals surface area (Å²) in [6.45, 7) is 5.52. The second-order valence-electron chi connectivity index (χ2n) is 9.52. The number of aryl methyl sites for hydroxylation is 1. The van der Waals surface area contributed by atoms with Crippen LogP contribution in [0.5, 0.6) is 0 Å². The molecule has 198 valence electrons. The number of nitrogens with zero attached hydrogens (tertiary/aromatic N) is 3. The normalized spacial score (nSPS) is 16.2. The molecule has 0 spiro atoms. The van der Waals surface area contributed by atoms with Crippen molar-refractivity contribution in [3.63, 3.8) is 0 Å². The fourth-order valence-corrected chi connectivity index (χ4v) is 5.71. The van der Waals surface area contributed by atoms with Crippen LogP contribution >= 0.6 is 11.3 Å². The van der Waals surface area contributed by atoms with Gasteiger partial charge in [0.15, 0.2) is 0 Å². The monoisotopic (exact) mass is 540 g/mol. The molecule has 5 rings (SSSR count). The number of rotatable bonds is 4. The standard InChI is InChI=1S/C28H27F3N4O2S/c1-18-5-3-4-6-21(18)17-35-24(15-20-11-14-38-26(20)35)25(36)33-12-13-34(19(2)16-33)27(37)32-23-9-7-22(8-10-23)28(29,30)31/h3-11,14-15,19H,12-13,16-17H2,1-2H3,(H,32,37)/t19-/m1/s1. The molecule has 2 aromatic carbocycles. The second-order valence-corrected chi connectivity index (χ2v) is 10.4. The molecule has 4 aromatic rings. The molecule has 0 radical (unpaired) electrons. The highest BCUT2D eigenvalue weighted by atomic mass is 32.1. The lowest BCUT2D eigenvalue weighted by atomic mass is 10.1. The Morgan fingerprint density at radius 2 is 1.79 bits per heavy atom. The molecule has 1 aliphatic heterocycles. The number of anilines is 1. The van der Waals surface area contributed by atoms with Gasteiger partial charge in [0.1, 0.15) is 10.5 Å². The maximum atomic E-state index is 13.7. The van der Waals surface area contributed by atoms with Gasteiger partial charge < -0.3 is 19.7 Å². The van der Waals surface area contributed by atoms with Crippen LogP contribution in [-0.4, -0.2) is 52.0 Å². The van der Waals surface area contributed by atoms with Gasteiger partial charge in [-0.3, -0.25) is 4.79 Å². The molecular formula is C28H27F3N4O2S. The largest absolute Gasteiger partial charge is 0.416 e. The maximum absolute atomic E-state index is 13.7. The van der Waals surface area contributed by atoms with Crippen LogP contribution in [0.3, 0.4) is 0 Å². The number of hydrogen-bond donors (Lipinski definition) is 1. The minimum absolute atomic E-state index is 0.0865. The lowest BCUT2D eigenvalue weighted by Crippen LogP contribution is -2.56. The van der Waals surface area contributed by atoms with Gasteiger partial charge in [-0.2, -0.15) is 13.2 Å². The highest BCUT2D eigenvalue weighted by Crippen LogP contribution is 2.30. The van der Waals surface area contributed by atoms with Gasteiger partial charge in [-0.1, -0.05) is 24.3 Å². The molecule has 1 aliphatic rings. The summed E-state index contributed by atoms with van der Waals surface area (Å²) < 4.78 is 40.5. The van der Waals surface area contributed by atoms with E-state index in [2.05, 4.69) is 28.9 Å². The molecule has 2 aromatic heterocycles. The zero-order valence-electron chi connectivity index (χ0n) is 21.0. The third-order valence-electron chi connectivity index (χ3n) is 6.95. The number of fused-ring (bicyclic) bond motifs is 1. The number of hydrogen-bond acceptors (Lipinski definition) is 3. The third-order valence-corrected chi connectivity index (χ3v) is 7.90. The summed E-state index contributed by atoms with van der Waals surface area (Å²) in [7, 11) is 0. The van der Waals surface area contributed by atoms with Crippen molar-refractivity contribution >= 4 is 39.2 Å². The van der Waals surface area contributed by atoms with Gasteiger partial charge in [0.05, 0.1) is 5.56 Å². The van der Waals surface area contributed by atoms with Crippen LogP contribution in [0, 0.1) is 6.92 Å². The molecule has 3 amide bonds. The summed E-state index contributed by atoms with van der Waals surface area (Å²) in [4.78, 5) is 31.0. The lowest BCUT2D eigenvalue weighted by molar-refractivity contribution is -0.137. The fourth-order valence-electron chi connectivity index (χ4n) is 4.81. The SMILES string of the molecule is Cc1ccccc1Cn1c(C(=O)N2CCN(C(=O)Nc3ccc(C(F)(F)F)cc3)[C@H](C)C2)cc2ccsc21. The van der Waals surface area contributed by atoms with E-state index >= 15 is 0 Å². The second kappa shape index (κ2) is 10.2. The van der Waals surface area contributed by atoms with E-state index in [0.29, 0.717) is 31.9 Å². The van der Waals surface area contributed by atoms with E-state index in [1.165, 1.54) is 12.1 Å². The number of amides is 3. The van der Waals surface area contributed by atoms with Crippen molar-refractivity contribution in [3.8, 4) is 0 Å². The number of urea groups is 1. The molecule has 3 heterocycles. The Kier molecular flexibility index (Phi) is 6.92. The average molecular weight is 541 g/mol. The smallest absolute Gasteiger partial charge is 0.334 e. The summed E-state index contributed by atoms with van der Waals surface area (Å²) in [5.41, 5.74) is 2.42. The summed E-state index contributed by atoms with van der Waals surface area (Å²) >= 11 is 1.60. The number of alkyl halides is 3. The quantitative estimate of drug-likeness (QED) is 0.323. The zero-order valence-corrected chi connectivity index (χ0v) is 21.8. The van der Waals surface area contributed by atoms with E-state index in [1.807, 2.05) is 36.6 Å². The van der Waals surface area contributed by atoms with Gasteiger partial charge in [0.25, 0.3) is 5.91 Å². The first-order chi connectivity index (χ1) is 18.1. The Morgan fingerprint density at radius 3 is 2.47 bits per heavy atom. The van der Waals surface area contributed by atoms with Crippen LogP contribution in [0.25, 0.3) is 10.2 Å². The number of aromatic nitrogens is 1. The molecular weight excluding hydrogens is 513 g/mol. The van der Waals surface area contributed by atoms with Crippen molar-refractivity contribution in [2.24, 2.45) is 0 Å². The Labute approximate surface area is 222 Å². The highest BCUT2D eigenvalue weighted by molar-refractivity contribution is 7.16. The van der Waals surface area contributed by atoms with E-state index in [0.717, 1.165) is 33.5 Å². The van der Waals surface area contributed by atoms with E-state index in [-0.39, 0.29) is 17.6 Å². The van der Waals surface area contributed by atoms with Gasteiger partial charge in [-0.25, -0.2) is 4.79 Å². The van der Waals surface area contributed by atoms with Gasteiger partial charge in [-0.15, -0.1) is 11.3 Å². The number of benzene rings is 2. The summed E-state index contributed by atoms with van der Waals surface area (Å²) in [5, 5.41) is 5.71. The predicted molar refractivity (Wildman–Crippen MR) is 143 cm³/mol. The van der Waals surface area contributed by atoms with E-state index in [4.69, 9.17) is 0 Å². The van der Waals surface area contributed by atoms with Crippen molar-refractivity contribution in [3.05, 3.63) is 88.4 Å². The third kappa shape index (κ3) is 5.13.